The number of aliphatic hydroxyl groups excluding tert-OH is 1. The maximum absolute atomic E-state index is 15.3. The molecule has 0 spiro atoms. The molecule has 0 radical (unpaired) electrons. The third kappa shape index (κ3) is 6.82. The molecule has 4 rings (SSSR count). The number of fused-ring (bicyclic) bond motifs is 1. The second-order valence-electron chi connectivity index (χ2n) is 9.97. The summed E-state index contributed by atoms with van der Waals surface area (Å²) in [6, 6.07) is 10.1. The number of benzene rings is 2. The van der Waals surface area contributed by atoms with Gasteiger partial charge in [0.15, 0.2) is 18.0 Å². The van der Waals surface area contributed by atoms with E-state index in [4.69, 9.17) is 30.1 Å². The van der Waals surface area contributed by atoms with Crippen molar-refractivity contribution in [2.75, 3.05) is 6.61 Å². The van der Waals surface area contributed by atoms with E-state index in [2.05, 4.69) is 5.09 Å². The van der Waals surface area contributed by atoms with Crippen molar-refractivity contribution in [1.82, 2.24) is 14.6 Å². The van der Waals surface area contributed by atoms with Gasteiger partial charge in [-0.05, 0) is 32.2 Å². The fourth-order valence-electron chi connectivity index (χ4n) is 4.31. The number of alkyl halides is 3. The van der Waals surface area contributed by atoms with Gasteiger partial charge in [0.05, 0.1) is 12.7 Å². The average Bonchev–Trinajstić information content (AvgIpc) is 3.20. The van der Waals surface area contributed by atoms with Crippen molar-refractivity contribution in [3.05, 3.63) is 74.5 Å². The van der Waals surface area contributed by atoms with Gasteiger partial charge in [-0.25, -0.2) is 22.5 Å². The van der Waals surface area contributed by atoms with Crippen LogP contribution in [0.1, 0.15) is 27.0 Å². The molecule has 12 nitrogen and oxygen atoms in total. The highest BCUT2D eigenvalue weighted by Gasteiger charge is 2.62. The molecule has 0 bridgehead atoms. The lowest BCUT2D eigenvalue weighted by atomic mass is 9.97. The van der Waals surface area contributed by atoms with Crippen molar-refractivity contribution in [3.63, 3.8) is 0 Å². The molecule has 6 atom stereocenters. The van der Waals surface area contributed by atoms with Crippen LogP contribution in [0, 0.1) is 0 Å². The molecule has 2 aromatic carbocycles. The Morgan fingerprint density at radius 1 is 1.21 bits per heavy atom. The molecular formula is C26H28ClF3N3O9P. The molecule has 1 fully saturated rings. The van der Waals surface area contributed by atoms with Crippen LogP contribution < -0.4 is 20.9 Å². The van der Waals surface area contributed by atoms with Crippen LogP contribution in [0.3, 0.4) is 0 Å². The summed E-state index contributed by atoms with van der Waals surface area (Å²) in [6.45, 7) is 2.96. The number of carbonyl (C=O) groups is 1. The van der Waals surface area contributed by atoms with Crippen LogP contribution in [-0.4, -0.2) is 63.7 Å². The van der Waals surface area contributed by atoms with Crippen molar-refractivity contribution in [2.45, 2.75) is 63.4 Å². The largest absolute Gasteiger partial charge is 0.462 e. The Kier molecular flexibility index (Phi) is 9.74. The van der Waals surface area contributed by atoms with E-state index >= 15 is 4.39 Å². The fourth-order valence-corrected chi connectivity index (χ4v) is 6.01. The van der Waals surface area contributed by atoms with Gasteiger partial charge >= 0.3 is 19.4 Å². The smallest absolute Gasteiger partial charge is 0.459 e. The monoisotopic (exact) mass is 649 g/mol. The SMILES string of the molecule is CC(C)OC(=O)[C@H](C)NP(=O)(OC[C@@]1(C(F)F)O[C@@H](n2cc(Cl)c(=O)[nH]c2=O)[C@H](F)[C@@H]1O)Oc1cccc2ccccc12. The number of carbonyl (C=O) groups excluding carboxylic acids is 1. The van der Waals surface area contributed by atoms with Crippen LogP contribution >= 0.6 is 19.3 Å². The quantitative estimate of drug-likeness (QED) is 0.207. The molecule has 2 heterocycles. The Balaban J connectivity index is 1.69. The molecule has 3 aromatic rings. The first kappa shape index (κ1) is 32.7. The first-order valence-electron chi connectivity index (χ1n) is 12.9. The second-order valence-corrected chi connectivity index (χ2v) is 12.1. The van der Waals surface area contributed by atoms with Gasteiger partial charge in [0, 0.05) is 11.6 Å². The zero-order valence-electron chi connectivity index (χ0n) is 22.9. The lowest BCUT2D eigenvalue weighted by Crippen LogP contribution is -2.52. The van der Waals surface area contributed by atoms with Crippen molar-refractivity contribution in [2.24, 2.45) is 0 Å². The summed E-state index contributed by atoms with van der Waals surface area (Å²) >= 11 is 5.71. The number of rotatable bonds is 11. The summed E-state index contributed by atoms with van der Waals surface area (Å²) in [5.41, 5.74) is -5.49. The lowest BCUT2D eigenvalue weighted by Gasteiger charge is -2.32. The minimum atomic E-state index is -4.83. The van der Waals surface area contributed by atoms with Crippen LogP contribution in [0.25, 0.3) is 10.8 Å². The minimum absolute atomic E-state index is 0.0203. The van der Waals surface area contributed by atoms with Crippen LogP contribution in [0.4, 0.5) is 13.2 Å². The number of hydrogen-bond acceptors (Lipinski definition) is 9. The summed E-state index contributed by atoms with van der Waals surface area (Å²) in [5, 5.41) is 13.5. The van der Waals surface area contributed by atoms with Crippen molar-refractivity contribution in [3.8, 4) is 5.75 Å². The van der Waals surface area contributed by atoms with Crippen LogP contribution in [0.5, 0.6) is 5.75 Å². The summed E-state index contributed by atoms with van der Waals surface area (Å²) in [6.07, 6.45) is -11.1. The highest BCUT2D eigenvalue weighted by molar-refractivity contribution is 7.52. The van der Waals surface area contributed by atoms with Crippen LogP contribution in [-0.2, 0) is 23.4 Å². The Bertz CT molecular complexity index is 1650. The van der Waals surface area contributed by atoms with Gasteiger partial charge in [0.25, 0.3) is 12.0 Å². The number of halogens is 4. The highest BCUT2D eigenvalue weighted by Crippen LogP contribution is 2.50. The van der Waals surface area contributed by atoms with Gasteiger partial charge in [-0.2, -0.15) is 5.09 Å². The highest BCUT2D eigenvalue weighted by atomic mass is 35.5. The van der Waals surface area contributed by atoms with Gasteiger partial charge < -0.3 is 19.1 Å². The molecule has 0 aliphatic carbocycles. The van der Waals surface area contributed by atoms with E-state index in [9.17, 15) is 32.8 Å². The normalized spacial score (nSPS) is 24.3. The number of aromatic nitrogens is 2. The predicted molar refractivity (Wildman–Crippen MR) is 148 cm³/mol. The summed E-state index contributed by atoms with van der Waals surface area (Å²) in [4.78, 5) is 38.2. The second kappa shape index (κ2) is 12.8. The molecule has 234 valence electrons. The van der Waals surface area contributed by atoms with Gasteiger partial charge in [0.1, 0.15) is 22.9 Å². The predicted octanol–water partition coefficient (Wildman–Crippen LogP) is 3.71. The molecular weight excluding hydrogens is 622 g/mol. The summed E-state index contributed by atoms with van der Waals surface area (Å²) in [5.74, 6) is -0.896. The summed E-state index contributed by atoms with van der Waals surface area (Å²) in [7, 11) is -4.83. The van der Waals surface area contributed by atoms with E-state index in [1.807, 2.05) is 0 Å². The molecule has 1 unspecified atom stereocenters. The van der Waals surface area contributed by atoms with Crippen LogP contribution in [0.2, 0.25) is 5.02 Å². The number of aliphatic hydroxyl groups is 1. The zero-order chi connectivity index (χ0) is 31.7. The number of nitrogens with zero attached hydrogens (tertiary/aromatic N) is 1. The molecule has 3 N–H and O–H groups in total. The number of hydrogen-bond donors (Lipinski definition) is 3. The molecule has 1 saturated heterocycles. The molecule has 17 heteroatoms. The topological polar surface area (TPSA) is 158 Å². The molecule has 0 amide bonds. The average molecular weight is 650 g/mol. The molecule has 1 aromatic heterocycles. The first-order valence-corrected chi connectivity index (χ1v) is 14.8. The Labute approximate surface area is 247 Å². The number of aromatic amines is 1. The van der Waals surface area contributed by atoms with E-state index in [0.29, 0.717) is 21.5 Å². The maximum atomic E-state index is 15.3. The molecule has 1 aliphatic heterocycles. The summed E-state index contributed by atoms with van der Waals surface area (Å²) < 4.78 is 80.2. The lowest BCUT2D eigenvalue weighted by molar-refractivity contribution is -0.192. The van der Waals surface area contributed by atoms with Crippen molar-refractivity contribution in [1.29, 1.82) is 0 Å². The number of ether oxygens (including phenoxy) is 2. The van der Waals surface area contributed by atoms with E-state index in [1.54, 1.807) is 55.2 Å². The number of nitrogens with one attached hydrogen (secondary N) is 2. The van der Waals surface area contributed by atoms with Gasteiger partial charge in [-0.1, -0.05) is 48.0 Å². The van der Waals surface area contributed by atoms with E-state index < -0.39 is 79.3 Å². The molecule has 0 saturated carbocycles. The first-order chi connectivity index (χ1) is 20.2. The third-order valence-electron chi connectivity index (χ3n) is 6.47. The van der Waals surface area contributed by atoms with Crippen molar-refractivity contribution >= 4 is 36.1 Å². The fraction of sp³-hybridized carbons (Fsp3) is 0.423. The van der Waals surface area contributed by atoms with E-state index in [-0.39, 0.29) is 5.75 Å². The Hall–Kier alpha value is -3.20. The van der Waals surface area contributed by atoms with E-state index in [1.165, 1.54) is 13.0 Å². The Morgan fingerprint density at radius 3 is 2.56 bits per heavy atom. The third-order valence-corrected chi connectivity index (χ3v) is 8.35. The van der Waals surface area contributed by atoms with E-state index in [0.717, 1.165) is 0 Å². The molecule has 1 aliphatic rings. The van der Waals surface area contributed by atoms with Gasteiger partial charge in [-0.3, -0.25) is 23.7 Å². The standard InChI is InChI=1S/C26H28ClF3N3O9P/c1-13(2)40-23(36)14(3)32-43(38,42-18-10-6-8-15-7-4-5-9-16(15)18)39-12-26(24(29)30)20(34)19(28)22(41-26)33-11-17(27)21(35)31-25(33)37/h4-11,13-14,19-20,22,24,34H,12H2,1-3H3,(H,32,38)(H,31,35,37)/t14-,19+,20-,22+,26+,43?/m0/s1. The molecule has 43 heavy (non-hydrogen) atoms. The Morgan fingerprint density at radius 2 is 1.88 bits per heavy atom. The number of H-pyrrole nitrogens is 1. The number of esters is 1. The zero-order valence-corrected chi connectivity index (χ0v) is 24.6. The minimum Gasteiger partial charge on any atom is -0.462 e. The van der Waals surface area contributed by atoms with Crippen LogP contribution in [0.15, 0.2) is 58.3 Å². The van der Waals surface area contributed by atoms with Crippen molar-refractivity contribution < 1.29 is 46.2 Å². The van der Waals surface area contributed by atoms with Gasteiger partial charge in [-0.15, -0.1) is 0 Å². The maximum Gasteiger partial charge on any atom is 0.459 e. The van der Waals surface area contributed by atoms with Gasteiger partial charge in [0.2, 0.25) is 0 Å².